The van der Waals surface area contributed by atoms with E-state index in [1.165, 1.54) is 4.90 Å². The molecule has 0 spiro atoms. The zero-order valence-corrected chi connectivity index (χ0v) is 19.0. The summed E-state index contributed by atoms with van der Waals surface area (Å²) < 4.78 is 16.3. The lowest BCUT2D eigenvalue weighted by Crippen LogP contribution is -2.31. The Morgan fingerprint density at radius 1 is 1.09 bits per heavy atom. The van der Waals surface area contributed by atoms with Crippen molar-refractivity contribution in [3.8, 4) is 11.5 Å². The SMILES string of the molecule is COCCCN1C(=O)C(=O)/C(=C(/O)c2ccc3c(c2)OCCO3)C1c1ccc(N(C)C)cc1. The molecule has 33 heavy (non-hydrogen) atoms. The second-order valence-electron chi connectivity index (χ2n) is 8.18. The summed E-state index contributed by atoms with van der Waals surface area (Å²) >= 11 is 0. The van der Waals surface area contributed by atoms with E-state index in [1.807, 2.05) is 43.3 Å². The van der Waals surface area contributed by atoms with E-state index in [2.05, 4.69) is 0 Å². The van der Waals surface area contributed by atoms with Crippen LogP contribution in [0.25, 0.3) is 5.76 Å². The molecule has 1 saturated heterocycles. The van der Waals surface area contributed by atoms with Gasteiger partial charge < -0.3 is 29.1 Å². The molecule has 2 aliphatic rings. The summed E-state index contributed by atoms with van der Waals surface area (Å²) in [6, 6.07) is 11.9. The number of nitrogens with zero attached hydrogens (tertiary/aromatic N) is 2. The predicted octanol–water partition coefficient (Wildman–Crippen LogP) is 2.98. The first-order chi connectivity index (χ1) is 15.9. The summed E-state index contributed by atoms with van der Waals surface area (Å²) in [7, 11) is 5.47. The first-order valence-electron chi connectivity index (χ1n) is 10.9. The first-order valence-corrected chi connectivity index (χ1v) is 10.9. The number of fused-ring (bicyclic) bond motifs is 1. The summed E-state index contributed by atoms with van der Waals surface area (Å²) in [5.74, 6) is -0.505. The molecule has 0 aliphatic carbocycles. The number of ether oxygens (including phenoxy) is 3. The van der Waals surface area contributed by atoms with Gasteiger partial charge in [0.15, 0.2) is 11.5 Å². The minimum absolute atomic E-state index is 0.0618. The number of carbonyl (C=O) groups excluding carboxylic acids is 2. The Kier molecular flexibility index (Phi) is 6.55. The standard InChI is InChI=1S/C25H28N2O6/c1-26(2)18-8-5-16(6-9-18)22-21(24(29)25(30)27(22)11-4-12-31-3)23(28)17-7-10-19-20(15-17)33-14-13-32-19/h5-10,15,22,28H,4,11-14H2,1-3H3/b23-21+. The second-order valence-corrected chi connectivity index (χ2v) is 8.18. The molecule has 1 fully saturated rings. The fraction of sp³-hybridized carbons (Fsp3) is 0.360. The Bertz CT molecular complexity index is 1080. The van der Waals surface area contributed by atoms with E-state index < -0.39 is 17.7 Å². The summed E-state index contributed by atoms with van der Waals surface area (Å²) in [5.41, 5.74) is 2.19. The number of amides is 1. The molecule has 1 amide bonds. The average Bonchev–Trinajstić information content (AvgIpc) is 3.08. The van der Waals surface area contributed by atoms with Crippen molar-refractivity contribution in [2.75, 3.05) is 52.5 Å². The third kappa shape index (κ3) is 4.39. The zero-order valence-electron chi connectivity index (χ0n) is 19.0. The number of rotatable bonds is 7. The smallest absolute Gasteiger partial charge is 0.295 e. The van der Waals surface area contributed by atoms with Crippen molar-refractivity contribution < 1.29 is 28.9 Å². The highest BCUT2D eigenvalue weighted by Crippen LogP contribution is 2.41. The predicted molar refractivity (Wildman–Crippen MR) is 124 cm³/mol. The number of likely N-dealkylation sites (tertiary alicyclic amines) is 1. The monoisotopic (exact) mass is 452 g/mol. The van der Waals surface area contributed by atoms with E-state index in [4.69, 9.17) is 14.2 Å². The topological polar surface area (TPSA) is 88.5 Å². The molecule has 0 radical (unpaired) electrons. The molecule has 0 saturated carbocycles. The second kappa shape index (κ2) is 9.54. The normalized spacial score (nSPS) is 19.1. The lowest BCUT2D eigenvalue weighted by Gasteiger charge is -2.26. The lowest BCUT2D eigenvalue weighted by molar-refractivity contribution is -0.140. The molecule has 174 valence electrons. The molecule has 1 atom stereocenters. The highest BCUT2D eigenvalue weighted by Gasteiger charge is 2.45. The number of ketones is 1. The van der Waals surface area contributed by atoms with Crippen LogP contribution >= 0.6 is 0 Å². The third-order valence-corrected chi connectivity index (χ3v) is 5.83. The van der Waals surface area contributed by atoms with Crippen molar-refractivity contribution in [3.05, 3.63) is 59.2 Å². The van der Waals surface area contributed by atoms with E-state index >= 15 is 0 Å². The summed E-state index contributed by atoms with van der Waals surface area (Å²) in [6.45, 7) is 1.64. The number of carbonyl (C=O) groups is 2. The quantitative estimate of drug-likeness (QED) is 0.299. The maximum atomic E-state index is 13.1. The molecule has 0 aromatic heterocycles. The molecular weight excluding hydrogens is 424 g/mol. The zero-order chi connectivity index (χ0) is 23.5. The molecule has 2 aromatic rings. The summed E-state index contributed by atoms with van der Waals surface area (Å²) in [5, 5.41) is 11.2. The minimum Gasteiger partial charge on any atom is -0.507 e. The molecule has 1 N–H and O–H groups in total. The number of benzene rings is 2. The van der Waals surface area contributed by atoms with Gasteiger partial charge in [0, 0.05) is 45.6 Å². The number of hydrogen-bond donors (Lipinski definition) is 1. The van der Waals surface area contributed by atoms with Crippen molar-refractivity contribution in [1.29, 1.82) is 0 Å². The van der Waals surface area contributed by atoms with Gasteiger partial charge in [-0.3, -0.25) is 9.59 Å². The Morgan fingerprint density at radius 3 is 2.45 bits per heavy atom. The van der Waals surface area contributed by atoms with Crippen LogP contribution in [0.3, 0.4) is 0 Å². The van der Waals surface area contributed by atoms with Crippen LogP contribution in [-0.4, -0.2) is 69.3 Å². The molecule has 1 unspecified atom stereocenters. The molecule has 2 aliphatic heterocycles. The molecule has 2 heterocycles. The van der Waals surface area contributed by atoms with Crippen LogP contribution in [0.15, 0.2) is 48.0 Å². The maximum absolute atomic E-state index is 13.1. The number of aliphatic hydroxyl groups excluding tert-OH is 1. The van der Waals surface area contributed by atoms with Gasteiger partial charge in [-0.1, -0.05) is 12.1 Å². The Morgan fingerprint density at radius 2 is 1.79 bits per heavy atom. The van der Waals surface area contributed by atoms with Crippen LogP contribution in [0, 0.1) is 0 Å². The average molecular weight is 453 g/mol. The van der Waals surface area contributed by atoms with Gasteiger partial charge >= 0.3 is 0 Å². The Balaban J connectivity index is 1.79. The first kappa shape index (κ1) is 22.7. The maximum Gasteiger partial charge on any atom is 0.295 e. The van der Waals surface area contributed by atoms with Crippen molar-refractivity contribution in [2.45, 2.75) is 12.5 Å². The molecule has 0 bridgehead atoms. The van der Waals surface area contributed by atoms with Crippen molar-refractivity contribution in [1.82, 2.24) is 4.90 Å². The van der Waals surface area contributed by atoms with Gasteiger partial charge in [0.1, 0.15) is 19.0 Å². The summed E-state index contributed by atoms with van der Waals surface area (Å²) in [6.07, 6.45) is 0.569. The van der Waals surface area contributed by atoms with Gasteiger partial charge in [0.05, 0.1) is 11.6 Å². The van der Waals surface area contributed by atoms with E-state index in [0.717, 1.165) is 11.3 Å². The van der Waals surface area contributed by atoms with Crippen LogP contribution in [-0.2, 0) is 14.3 Å². The van der Waals surface area contributed by atoms with E-state index in [0.29, 0.717) is 49.8 Å². The number of hydrogen-bond acceptors (Lipinski definition) is 7. The van der Waals surface area contributed by atoms with Crippen molar-refractivity contribution in [3.63, 3.8) is 0 Å². The highest BCUT2D eigenvalue weighted by atomic mass is 16.6. The van der Waals surface area contributed by atoms with Gasteiger partial charge in [-0.05, 0) is 42.3 Å². The van der Waals surface area contributed by atoms with Gasteiger partial charge in [0.2, 0.25) is 0 Å². The number of Topliss-reactive ketones (excluding diaryl/α,β-unsaturated/α-hetero) is 1. The van der Waals surface area contributed by atoms with E-state index in [9.17, 15) is 14.7 Å². The Labute approximate surface area is 193 Å². The molecular formula is C25H28N2O6. The number of anilines is 1. The van der Waals surface area contributed by atoms with Crippen molar-refractivity contribution >= 4 is 23.1 Å². The number of methoxy groups -OCH3 is 1. The van der Waals surface area contributed by atoms with Gasteiger partial charge in [-0.25, -0.2) is 0 Å². The minimum atomic E-state index is -0.707. The highest BCUT2D eigenvalue weighted by molar-refractivity contribution is 6.46. The number of aliphatic hydroxyl groups is 1. The van der Waals surface area contributed by atoms with Crippen LogP contribution in [0.1, 0.15) is 23.6 Å². The van der Waals surface area contributed by atoms with Gasteiger partial charge in [-0.15, -0.1) is 0 Å². The fourth-order valence-corrected chi connectivity index (χ4v) is 4.14. The molecule has 8 heteroatoms. The molecule has 2 aromatic carbocycles. The van der Waals surface area contributed by atoms with E-state index in [-0.39, 0.29) is 11.3 Å². The lowest BCUT2D eigenvalue weighted by atomic mass is 9.95. The van der Waals surface area contributed by atoms with Crippen LogP contribution < -0.4 is 14.4 Å². The van der Waals surface area contributed by atoms with E-state index in [1.54, 1.807) is 25.3 Å². The third-order valence-electron chi connectivity index (χ3n) is 5.83. The molecule has 8 nitrogen and oxygen atoms in total. The van der Waals surface area contributed by atoms with Crippen molar-refractivity contribution in [2.24, 2.45) is 0 Å². The van der Waals surface area contributed by atoms with Crippen LogP contribution in [0.4, 0.5) is 5.69 Å². The summed E-state index contributed by atoms with van der Waals surface area (Å²) in [4.78, 5) is 29.6. The van der Waals surface area contributed by atoms with Gasteiger partial charge in [-0.2, -0.15) is 0 Å². The Hall–Kier alpha value is -3.52. The largest absolute Gasteiger partial charge is 0.507 e. The molecule has 4 rings (SSSR count). The van der Waals surface area contributed by atoms with Crippen LogP contribution in [0.5, 0.6) is 11.5 Å². The van der Waals surface area contributed by atoms with Crippen LogP contribution in [0.2, 0.25) is 0 Å². The van der Waals surface area contributed by atoms with Gasteiger partial charge in [0.25, 0.3) is 11.7 Å². The fourth-order valence-electron chi connectivity index (χ4n) is 4.14.